The third-order valence-corrected chi connectivity index (χ3v) is 9.53. The number of fused-ring (bicyclic) bond motifs is 8. The molecule has 0 aliphatic rings. The van der Waals surface area contributed by atoms with Crippen molar-refractivity contribution in [1.82, 2.24) is 14.5 Å². The molecule has 0 N–H and O–H groups in total. The van der Waals surface area contributed by atoms with E-state index in [0.717, 1.165) is 39.2 Å². The monoisotopic (exact) mass is 597 g/mol. The first-order valence-corrected chi connectivity index (χ1v) is 16.0. The number of aromatic nitrogens is 3. The van der Waals surface area contributed by atoms with E-state index in [2.05, 4.69) is 162 Å². The quantitative estimate of drug-likeness (QED) is 0.203. The molecular formula is C44H27N3. The maximum absolute atomic E-state index is 5.19. The predicted molar refractivity (Wildman–Crippen MR) is 197 cm³/mol. The molecule has 0 spiro atoms. The second-order valence-corrected chi connectivity index (χ2v) is 12.3. The fourth-order valence-corrected chi connectivity index (χ4v) is 7.27. The molecule has 0 fully saturated rings. The largest absolute Gasteiger partial charge is 0.309 e. The molecule has 0 unspecified atom stereocenters. The molecule has 47 heavy (non-hydrogen) atoms. The molecule has 8 aromatic carbocycles. The van der Waals surface area contributed by atoms with Gasteiger partial charge in [-0.25, -0.2) is 9.97 Å². The Morgan fingerprint density at radius 1 is 0.383 bits per heavy atom. The number of nitrogens with zero attached hydrogens (tertiary/aromatic N) is 3. The van der Waals surface area contributed by atoms with Crippen LogP contribution < -0.4 is 0 Å². The Morgan fingerprint density at radius 3 is 1.81 bits per heavy atom. The fourth-order valence-electron chi connectivity index (χ4n) is 7.27. The van der Waals surface area contributed by atoms with Crippen molar-refractivity contribution in [2.75, 3.05) is 0 Å². The Morgan fingerprint density at radius 2 is 1.00 bits per heavy atom. The summed E-state index contributed by atoms with van der Waals surface area (Å²) in [5.74, 6) is 0.720. The lowest BCUT2D eigenvalue weighted by Gasteiger charge is -2.12. The van der Waals surface area contributed by atoms with E-state index >= 15 is 0 Å². The Labute approximate surface area is 271 Å². The lowest BCUT2D eigenvalue weighted by atomic mass is 10.0. The van der Waals surface area contributed by atoms with E-state index in [1.807, 2.05) is 6.07 Å². The lowest BCUT2D eigenvalue weighted by molar-refractivity contribution is 1.18. The van der Waals surface area contributed by atoms with Gasteiger partial charge in [0, 0.05) is 33.0 Å². The van der Waals surface area contributed by atoms with Crippen LogP contribution >= 0.6 is 0 Å². The van der Waals surface area contributed by atoms with E-state index in [4.69, 9.17) is 9.97 Å². The van der Waals surface area contributed by atoms with Crippen molar-refractivity contribution < 1.29 is 0 Å². The van der Waals surface area contributed by atoms with Crippen LogP contribution in [0.3, 0.4) is 0 Å². The molecule has 0 saturated carbocycles. The Bertz CT molecular complexity index is 2840. The number of para-hydroxylation sites is 1. The zero-order chi connectivity index (χ0) is 30.9. The van der Waals surface area contributed by atoms with Crippen LogP contribution in [0.25, 0.3) is 93.4 Å². The second-order valence-electron chi connectivity index (χ2n) is 12.3. The van der Waals surface area contributed by atoms with Crippen molar-refractivity contribution in [3.8, 4) is 28.3 Å². The van der Waals surface area contributed by atoms with E-state index < -0.39 is 0 Å². The van der Waals surface area contributed by atoms with E-state index in [1.165, 1.54) is 54.1 Å². The van der Waals surface area contributed by atoms with Gasteiger partial charge in [-0.05, 0) is 86.9 Å². The van der Waals surface area contributed by atoms with Crippen molar-refractivity contribution in [2.24, 2.45) is 0 Å². The standard InChI is InChI=1S/C44H27N3/c1-2-11-31-25-34(18-17-28(31)9-1)43-37-15-7-8-16-39(37)45-44(46-43)30-19-22-35(23-20-30)47-40-24-21-29-10-5-6-14-36(29)42(40)38-26-32-12-3-4-13-33(32)27-41(38)47/h1-27H. The molecule has 3 heteroatoms. The zero-order valence-corrected chi connectivity index (χ0v) is 25.4. The van der Waals surface area contributed by atoms with Gasteiger partial charge in [0.2, 0.25) is 0 Å². The van der Waals surface area contributed by atoms with Crippen LogP contribution in [-0.2, 0) is 0 Å². The minimum Gasteiger partial charge on any atom is -0.309 e. The van der Waals surface area contributed by atoms with Crippen LogP contribution in [0.1, 0.15) is 0 Å². The van der Waals surface area contributed by atoms with Gasteiger partial charge in [0.05, 0.1) is 22.2 Å². The Balaban J connectivity index is 1.16. The Kier molecular flexibility index (Phi) is 5.57. The predicted octanol–water partition coefficient (Wildman–Crippen LogP) is 11.5. The SMILES string of the molecule is c1ccc2cc(-c3nc(-c4ccc(-n5c6cc7ccccc7cc6c6c7ccccc7ccc65)cc4)nc4ccccc34)ccc2c1. The van der Waals surface area contributed by atoms with Crippen molar-refractivity contribution in [2.45, 2.75) is 0 Å². The van der Waals surface area contributed by atoms with Gasteiger partial charge in [0.25, 0.3) is 0 Å². The van der Waals surface area contributed by atoms with Gasteiger partial charge < -0.3 is 4.57 Å². The molecule has 10 rings (SSSR count). The van der Waals surface area contributed by atoms with Crippen molar-refractivity contribution >= 4 is 65.0 Å². The van der Waals surface area contributed by atoms with Gasteiger partial charge in [-0.3, -0.25) is 0 Å². The normalized spacial score (nSPS) is 11.8. The van der Waals surface area contributed by atoms with Crippen molar-refractivity contribution in [3.05, 3.63) is 164 Å². The molecule has 2 aromatic heterocycles. The first-order valence-electron chi connectivity index (χ1n) is 16.0. The number of rotatable bonds is 3. The van der Waals surface area contributed by atoms with E-state index in [1.54, 1.807) is 0 Å². The minimum atomic E-state index is 0.720. The van der Waals surface area contributed by atoms with Crippen LogP contribution in [0.15, 0.2) is 164 Å². The van der Waals surface area contributed by atoms with Crippen molar-refractivity contribution in [3.63, 3.8) is 0 Å². The van der Waals surface area contributed by atoms with E-state index in [-0.39, 0.29) is 0 Å². The van der Waals surface area contributed by atoms with Gasteiger partial charge in [0.15, 0.2) is 5.82 Å². The molecule has 2 heterocycles. The van der Waals surface area contributed by atoms with Crippen LogP contribution in [-0.4, -0.2) is 14.5 Å². The van der Waals surface area contributed by atoms with Gasteiger partial charge in [-0.1, -0.05) is 109 Å². The van der Waals surface area contributed by atoms with Gasteiger partial charge in [-0.2, -0.15) is 0 Å². The summed E-state index contributed by atoms with van der Waals surface area (Å²) in [6.07, 6.45) is 0. The molecule has 0 amide bonds. The summed E-state index contributed by atoms with van der Waals surface area (Å²) in [6.45, 7) is 0. The number of hydrogen-bond acceptors (Lipinski definition) is 2. The van der Waals surface area contributed by atoms with Crippen molar-refractivity contribution in [1.29, 1.82) is 0 Å². The highest BCUT2D eigenvalue weighted by molar-refractivity contribution is 6.23. The molecule has 0 aliphatic carbocycles. The highest BCUT2D eigenvalue weighted by Crippen LogP contribution is 2.39. The van der Waals surface area contributed by atoms with Gasteiger partial charge >= 0.3 is 0 Å². The summed E-state index contributed by atoms with van der Waals surface area (Å²) < 4.78 is 2.40. The average Bonchev–Trinajstić information content (AvgIpc) is 3.46. The Hall–Kier alpha value is -6.32. The third kappa shape index (κ3) is 4.07. The maximum Gasteiger partial charge on any atom is 0.160 e. The first kappa shape index (κ1) is 26.0. The molecule has 0 aliphatic heterocycles. The molecule has 0 bridgehead atoms. The smallest absolute Gasteiger partial charge is 0.160 e. The maximum atomic E-state index is 5.19. The van der Waals surface area contributed by atoms with Crippen LogP contribution in [0.2, 0.25) is 0 Å². The molecular weight excluding hydrogens is 571 g/mol. The molecule has 10 aromatic rings. The summed E-state index contributed by atoms with van der Waals surface area (Å²) in [5.41, 5.74) is 7.45. The summed E-state index contributed by atoms with van der Waals surface area (Å²) in [4.78, 5) is 10.2. The van der Waals surface area contributed by atoms with Gasteiger partial charge in [0.1, 0.15) is 0 Å². The topological polar surface area (TPSA) is 30.7 Å². The lowest BCUT2D eigenvalue weighted by Crippen LogP contribution is -1.97. The van der Waals surface area contributed by atoms with Crippen LogP contribution in [0.5, 0.6) is 0 Å². The van der Waals surface area contributed by atoms with E-state index in [0.29, 0.717) is 0 Å². The highest BCUT2D eigenvalue weighted by Gasteiger charge is 2.17. The third-order valence-electron chi connectivity index (χ3n) is 9.53. The molecule has 218 valence electrons. The van der Waals surface area contributed by atoms with E-state index in [9.17, 15) is 0 Å². The molecule has 0 radical (unpaired) electrons. The van der Waals surface area contributed by atoms with Crippen LogP contribution in [0, 0.1) is 0 Å². The minimum absolute atomic E-state index is 0.720. The zero-order valence-electron chi connectivity index (χ0n) is 25.4. The van der Waals surface area contributed by atoms with Gasteiger partial charge in [-0.15, -0.1) is 0 Å². The first-order chi connectivity index (χ1) is 23.3. The number of hydrogen-bond donors (Lipinski definition) is 0. The second kappa shape index (κ2) is 10.1. The highest BCUT2D eigenvalue weighted by atomic mass is 15.0. The molecule has 0 saturated heterocycles. The average molecular weight is 598 g/mol. The summed E-state index contributed by atoms with van der Waals surface area (Å²) in [7, 11) is 0. The fraction of sp³-hybridized carbons (Fsp3) is 0. The summed E-state index contributed by atoms with van der Waals surface area (Å²) in [5, 5.41) is 11.0. The summed E-state index contributed by atoms with van der Waals surface area (Å²) in [6, 6.07) is 58.5. The molecule has 0 atom stereocenters. The molecule has 3 nitrogen and oxygen atoms in total. The number of benzene rings is 8. The van der Waals surface area contributed by atoms with Crippen LogP contribution in [0.4, 0.5) is 0 Å². The summed E-state index contributed by atoms with van der Waals surface area (Å²) >= 11 is 0.